The highest BCUT2D eigenvalue weighted by molar-refractivity contribution is 7.89. The van der Waals surface area contributed by atoms with Gasteiger partial charge < -0.3 is 4.90 Å². The van der Waals surface area contributed by atoms with Gasteiger partial charge in [-0.2, -0.15) is 4.31 Å². The van der Waals surface area contributed by atoms with Crippen molar-refractivity contribution in [2.45, 2.75) is 61.7 Å². The van der Waals surface area contributed by atoms with Crippen LogP contribution in [-0.4, -0.2) is 41.7 Å². The van der Waals surface area contributed by atoms with Crippen molar-refractivity contribution in [1.82, 2.24) is 9.21 Å². The van der Waals surface area contributed by atoms with E-state index in [9.17, 15) is 13.2 Å². The summed E-state index contributed by atoms with van der Waals surface area (Å²) >= 11 is 0. The predicted molar refractivity (Wildman–Crippen MR) is 124 cm³/mol. The molecule has 2 saturated heterocycles. The van der Waals surface area contributed by atoms with Crippen molar-refractivity contribution in [2.24, 2.45) is 0 Å². The summed E-state index contributed by atoms with van der Waals surface area (Å²) in [6.45, 7) is 2.09. The molecule has 2 fully saturated rings. The standard InChI is InChI=1S/C26H26N2O3S/c1-17-16-19-9-3-5-12-21(19)25-22-13-7-14-23(26(29)27(17)25)28(22)32(30,31)24-15-6-10-18-8-2-4-11-20(18)24/h2-6,8-12,15,17,22-23,25H,7,13-14,16H2,1H3/t17-,22+,23-,25+/m0/s1. The molecule has 0 N–H and O–H groups in total. The van der Waals surface area contributed by atoms with Crippen LogP contribution in [0.4, 0.5) is 0 Å². The quantitative estimate of drug-likeness (QED) is 0.590. The fourth-order valence-electron chi connectivity index (χ4n) is 6.18. The minimum atomic E-state index is -3.87. The van der Waals surface area contributed by atoms with Crippen molar-refractivity contribution in [2.75, 3.05) is 0 Å². The minimum absolute atomic E-state index is 0.0447. The zero-order chi connectivity index (χ0) is 22.0. The number of hydrogen-bond acceptors (Lipinski definition) is 3. The number of sulfonamides is 1. The summed E-state index contributed by atoms with van der Waals surface area (Å²) in [4.78, 5) is 16.1. The third-order valence-corrected chi connectivity index (χ3v) is 9.48. The second-order valence-corrected chi connectivity index (χ2v) is 11.1. The highest BCUT2D eigenvalue weighted by Crippen LogP contribution is 2.48. The monoisotopic (exact) mass is 446 g/mol. The van der Waals surface area contributed by atoms with Gasteiger partial charge in [0.05, 0.1) is 17.0 Å². The molecule has 0 aliphatic carbocycles. The maximum absolute atomic E-state index is 14.2. The van der Waals surface area contributed by atoms with E-state index in [2.05, 4.69) is 19.1 Å². The molecule has 164 valence electrons. The molecule has 4 atom stereocenters. The van der Waals surface area contributed by atoms with E-state index in [4.69, 9.17) is 0 Å². The van der Waals surface area contributed by atoms with Crippen molar-refractivity contribution < 1.29 is 13.2 Å². The average molecular weight is 447 g/mol. The van der Waals surface area contributed by atoms with Crippen molar-refractivity contribution in [3.63, 3.8) is 0 Å². The molecular weight excluding hydrogens is 420 g/mol. The Morgan fingerprint density at radius 2 is 1.66 bits per heavy atom. The number of rotatable bonds is 2. The van der Waals surface area contributed by atoms with Gasteiger partial charge in [0.1, 0.15) is 6.04 Å². The van der Waals surface area contributed by atoms with Crippen molar-refractivity contribution in [3.8, 4) is 0 Å². The van der Waals surface area contributed by atoms with Crippen molar-refractivity contribution >= 4 is 26.7 Å². The molecule has 3 aliphatic heterocycles. The number of amides is 1. The topological polar surface area (TPSA) is 57.7 Å². The van der Waals surface area contributed by atoms with Crippen molar-refractivity contribution in [1.29, 1.82) is 0 Å². The fraction of sp³-hybridized carbons (Fsp3) is 0.346. The van der Waals surface area contributed by atoms with Gasteiger partial charge in [0.2, 0.25) is 15.9 Å². The lowest BCUT2D eigenvalue weighted by Crippen LogP contribution is -2.68. The number of benzene rings is 3. The number of carbonyl (C=O) groups is 1. The van der Waals surface area contributed by atoms with Gasteiger partial charge >= 0.3 is 0 Å². The van der Waals surface area contributed by atoms with Crippen LogP contribution in [-0.2, 0) is 21.2 Å². The first-order chi connectivity index (χ1) is 15.5. The molecule has 0 radical (unpaired) electrons. The number of fused-ring (bicyclic) bond motifs is 7. The number of piperidine rings is 1. The first kappa shape index (κ1) is 19.9. The molecule has 6 rings (SSSR count). The Morgan fingerprint density at radius 1 is 0.906 bits per heavy atom. The molecule has 32 heavy (non-hydrogen) atoms. The third kappa shape index (κ3) is 2.72. The molecule has 0 saturated carbocycles. The van der Waals surface area contributed by atoms with Gasteiger partial charge in [-0.15, -0.1) is 0 Å². The molecule has 3 aromatic carbocycles. The van der Waals surface area contributed by atoms with Gasteiger partial charge in [-0.3, -0.25) is 4.79 Å². The van der Waals surface area contributed by atoms with Crippen LogP contribution in [0.25, 0.3) is 10.8 Å². The molecule has 0 aromatic heterocycles. The Hall–Kier alpha value is -2.70. The van der Waals surface area contributed by atoms with Crippen LogP contribution >= 0.6 is 0 Å². The van der Waals surface area contributed by atoms with Crippen LogP contribution in [0.2, 0.25) is 0 Å². The van der Waals surface area contributed by atoms with E-state index in [1.165, 1.54) is 5.56 Å². The highest BCUT2D eigenvalue weighted by atomic mass is 32.2. The van der Waals surface area contributed by atoms with Crippen LogP contribution in [0.3, 0.4) is 0 Å². The van der Waals surface area contributed by atoms with Gasteiger partial charge in [-0.05, 0) is 55.2 Å². The Labute approximate surface area is 188 Å². The summed E-state index contributed by atoms with van der Waals surface area (Å²) in [7, 11) is -3.87. The van der Waals surface area contributed by atoms with E-state index < -0.39 is 16.1 Å². The van der Waals surface area contributed by atoms with Crippen LogP contribution in [0, 0.1) is 0 Å². The Kier molecular flexibility index (Phi) is 4.46. The summed E-state index contributed by atoms with van der Waals surface area (Å²) < 4.78 is 29.9. The average Bonchev–Trinajstić information content (AvgIpc) is 2.81. The lowest BCUT2D eigenvalue weighted by Gasteiger charge is -2.56. The Bertz CT molecular complexity index is 1330. The van der Waals surface area contributed by atoms with Gasteiger partial charge in [-0.1, -0.05) is 60.7 Å². The van der Waals surface area contributed by atoms with Crippen LogP contribution < -0.4 is 0 Å². The molecule has 3 aromatic rings. The molecule has 0 unspecified atom stereocenters. The summed E-state index contributed by atoms with van der Waals surface area (Å²) in [5.74, 6) is -0.0447. The zero-order valence-corrected chi connectivity index (χ0v) is 18.8. The number of nitrogens with zero attached hydrogens (tertiary/aromatic N) is 2. The van der Waals surface area contributed by atoms with E-state index in [1.54, 1.807) is 16.4 Å². The summed E-state index contributed by atoms with van der Waals surface area (Å²) in [6, 6.07) is 20.1. The Balaban J connectivity index is 1.54. The van der Waals surface area contributed by atoms with E-state index in [0.717, 1.165) is 30.2 Å². The van der Waals surface area contributed by atoms with Crippen molar-refractivity contribution in [3.05, 3.63) is 77.9 Å². The molecule has 1 amide bonds. The normalized spacial score (nSPS) is 27.8. The number of carbonyl (C=O) groups excluding carboxylic acids is 1. The lowest BCUT2D eigenvalue weighted by molar-refractivity contribution is -0.153. The second-order valence-electron chi connectivity index (χ2n) is 9.27. The van der Waals surface area contributed by atoms with E-state index >= 15 is 0 Å². The first-order valence-electron chi connectivity index (χ1n) is 11.4. The molecule has 3 heterocycles. The maximum atomic E-state index is 14.2. The molecule has 5 nitrogen and oxygen atoms in total. The molecule has 6 heteroatoms. The number of hydrogen-bond donors (Lipinski definition) is 0. The van der Waals surface area contributed by atoms with Gasteiger partial charge in [0, 0.05) is 11.4 Å². The van der Waals surface area contributed by atoms with E-state index in [-0.39, 0.29) is 24.0 Å². The van der Waals surface area contributed by atoms with Crippen LogP contribution in [0.15, 0.2) is 71.6 Å². The summed E-state index contributed by atoms with van der Waals surface area (Å²) in [5, 5.41) is 1.60. The van der Waals surface area contributed by atoms with Gasteiger partial charge in [0.15, 0.2) is 0 Å². The zero-order valence-electron chi connectivity index (χ0n) is 18.0. The van der Waals surface area contributed by atoms with Gasteiger partial charge in [0.25, 0.3) is 0 Å². The summed E-state index contributed by atoms with van der Waals surface area (Å²) in [5.41, 5.74) is 2.32. The summed E-state index contributed by atoms with van der Waals surface area (Å²) in [6.07, 6.45) is 3.02. The SMILES string of the molecule is C[C@H]1Cc2ccccc2[C@@H]2[C@H]3CCC[C@@H](C(=O)N21)N3S(=O)(=O)c1cccc2ccccc12. The van der Waals surface area contributed by atoms with E-state index in [0.29, 0.717) is 16.7 Å². The van der Waals surface area contributed by atoms with Crippen LogP contribution in [0.1, 0.15) is 43.4 Å². The third-order valence-electron chi connectivity index (χ3n) is 7.48. The maximum Gasteiger partial charge on any atom is 0.244 e. The van der Waals surface area contributed by atoms with Crippen LogP contribution in [0.5, 0.6) is 0 Å². The highest BCUT2D eigenvalue weighted by Gasteiger charge is 2.56. The number of piperazine rings is 1. The minimum Gasteiger partial charge on any atom is -0.330 e. The smallest absolute Gasteiger partial charge is 0.244 e. The second kappa shape index (κ2) is 7.15. The predicted octanol–water partition coefficient (Wildman–Crippen LogP) is 4.28. The Morgan fingerprint density at radius 3 is 2.53 bits per heavy atom. The molecule has 0 spiro atoms. The lowest BCUT2D eigenvalue weighted by atomic mass is 9.78. The molecule has 2 bridgehead atoms. The molecule has 3 aliphatic rings. The largest absolute Gasteiger partial charge is 0.330 e. The first-order valence-corrected chi connectivity index (χ1v) is 12.8. The molecular formula is C26H26N2O3S. The van der Waals surface area contributed by atoms with Gasteiger partial charge in [-0.25, -0.2) is 8.42 Å². The van der Waals surface area contributed by atoms with E-state index in [1.807, 2.05) is 47.4 Å². The fourth-order valence-corrected chi connectivity index (χ4v) is 8.23.